The highest BCUT2D eigenvalue weighted by Crippen LogP contribution is 2.28. The molecule has 0 aliphatic rings. The highest BCUT2D eigenvalue weighted by molar-refractivity contribution is 6.30. The fourth-order valence-corrected chi connectivity index (χ4v) is 2.08. The Labute approximate surface area is 123 Å². The largest absolute Gasteiger partial charge is 0.368 e. The number of aryl methyl sites for hydroxylation is 2. The third-order valence-corrected chi connectivity index (χ3v) is 3.20. The molecule has 106 valence electrons. The van der Waals surface area contributed by atoms with Gasteiger partial charge < -0.3 is 5.32 Å². The zero-order chi connectivity index (χ0) is 14.7. The van der Waals surface area contributed by atoms with Crippen molar-refractivity contribution in [3.05, 3.63) is 40.4 Å². The van der Waals surface area contributed by atoms with E-state index in [-0.39, 0.29) is 5.82 Å². The number of nitrogens with one attached hydrogen (secondary N) is 1. The van der Waals surface area contributed by atoms with Crippen LogP contribution in [0.3, 0.4) is 0 Å². The summed E-state index contributed by atoms with van der Waals surface area (Å²) >= 11 is 5.92. The van der Waals surface area contributed by atoms with Crippen LogP contribution in [0.2, 0.25) is 5.02 Å². The summed E-state index contributed by atoms with van der Waals surface area (Å²) in [5.41, 5.74) is 2.93. The minimum atomic E-state index is -0.381. The maximum atomic E-state index is 13.5. The molecule has 5 heteroatoms. The number of hydrogen-bond donors (Lipinski definition) is 1. The molecule has 1 aromatic heterocycles. The SMILES string of the molecule is CCCNc1nc(C)c(C)nc1-c1cc(F)cc(Cl)c1. The molecule has 0 radical (unpaired) electrons. The molecule has 0 saturated heterocycles. The van der Waals surface area contributed by atoms with E-state index in [4.69, 9.17) is 11.6 Å². The van der Waals surface area contributed by atoms with E-state index >= 15 is 0 Å². The lowest BCUT2D eigenvalue weighted by molar-refractivity contribution is 0.628. The minimum absolute atomic E-state index is 0.349. The van der Waals surface area contributed by atoms with Crippen molar-refractivity contribution < 1.29 is 4.39 Å². The molecule has 0 spiro atoms. The lowest BCUT2D eigenvalue weighted by Crippen LogP contribution is -2.07. The average Bonchev–Trinajstić information content (AvgIpc) is 2.38. The Morgan fingerprint density at radius 2 is 1.85 bits per heavy atom. The second-order valence-corrected chi connectivity index (χ2v) is 5.11. The Balaban J connectivity index is 2.55. The topological polar surface area (TPSA) is 37.8 Å². The van der Waals surface area contributed by atoms with Gasteiger partial charge in [-0.25, -0.2) is 14.4 Å². The number of rotatable bonds is 4. The maximum absolute atomic E-state index is 13.5. The third kappa shape index (κ3) is 3.25. The van der Waals surface area contributed by atoms with E-state index < -0.39 is 0 Å². The Bertz CT molecular complexity index is 609. The summed E-state index contributed by atoms with van der Waals surface area (Å²) in [4.78, 5) is 9.03. The quantitative estimate of drug-likeness (QED) is 0.909. The van der Waals surface area contributed by atoms with Gasteiger partial charge in [-0.3, -0.25) is 0 Å². The first-order valence-corrected chi connectivity index (χ1v) is 6.94. The van der Waals surface area contributed by atoms with Gasteiger partial charge in [-0.05, 0) is 38.5 Å². The van der Waals surface area contributed by atoms with Crippen LogP contribution < -0.4 is 5.32 Å². The van der Waals surface area contributed by atoms with Crippen molar-refractivity contribution in [2.24, 2.45) is 0 Å². The summed E-state index contributed by atoms with van der Waals surface area (Å²) in [7, 11) is 0. The van der Waals surface area contributed by atoms with Gasteiger partial charge in [0.25, 0.3) is 0 Å². The maximum Gasteiger partial charge on any atom is 0.152 e. The van der Waals surface area contributed by atoms with Gasteiger partial charge in [0.1, 0.15) is 11.5 Å². The molecule has 0 aliphatic carbocycles. The van der Waals surface area contributed by atoms with E-state index in [1.54, 1.807) is 6.07 Å². The van der Waals surface area contributed by atoms with Gasteiger partial charge in [-0.2, -0.15) is 0 Å². The van der Waals surface area contributed by atoms with Crippen molar-refractivity contribution >= 4 is 17.4 Å². The molecule has 20 heavy (non-hydrogen) atoms. The Morgan fingerprint density at radius 1 is 1.15 bits per heavy atom. The van der Waals surface area contributed by atoms with Crippen LogP contribution in [-0.2, 0) is 0 Å². The molecule has 2 rings (SSSR count). The van der Waals surface area contributed by atoms with Crippen LogP contribution in [0.5, 0.6) is 0 Å². The molecule has 1 N–H and O–H groups in total. The zero-order valence-electron chi connectivity index (χ0n) is 11.8. The predicted octanol–water partition coefficient (Wildman–Crippen LogP) is 4.37. The first-order valence-electron chi connectivity index (χ1n) is 6.57. The molecular formula is C15H17ClFN3. The van der Waals surface area contributed by atoms with Gasteiger partial charge in [0.2, 0.25) is 0 Å². The molecule has 0 aliphatic heterocycles. The van der Waals surface area contributed by atoms with Crippen LogP contribution >= 0.6 is 11.6 Å². The summed E-state index contributed by atoms with van der Waals surface area (Å²) in [6.07, 6.45) is 0.970. The first kappa shape index (κ1) is 14.7. The van der Waals surface area contributed by atoms with Crippen molar-refractivity contribution in [2.75, 3.05) is 11.9 Å². The van der Waals surface area contributed by atoms with Crippen molar-refractivity contribution in [3.8, 4) is 11.3 Å². The van der Waals surface area contributed by atoms with Crippen LogP contribution in [0.1, 0.15) is 24.7 Å². The zero-order valence-corrected chi connectivity index (χ0v) is 12.6. The second-order valence-electron chi connectivity index (χ2n) is 4.68. The number of aromatic nitrogens is 2. The van der Waals surface area contributed by atoms with E-state index in [1.807, 2.05) is 13.8 Å². The second kappa shape index (κ2) is 6.18. The van der Waals surface area contributed by atoms with Gasteiger partial charge >= 0.3 is 0 Å². The molecule has 0 bridgehead atoms. The van der Waals surface area contributed by atoms with Gasteiger partial charge in [-0.1, -0.05) is 18.5 Å². The van der Waals surface area contributed by atoms with Crippen molar-refractivity contribution in [1.29, 1.82) is 0 Å². The summed E-state index contributed by atoms with van der Waals surface area (Å²) in [6, 6.07) is 4.39. The van der Waals surface area contributed by atoms with Crippen LogP contribution in [0.25, 0.3) is 11.3 Å². The fourth-order valence-electron chi connectivity index (χ4n) is 1.86. The van der Waals surface area contributed by atoms with Gasteiger partial charge in [0, 0.05) is 17.1 Å². The van der Waals surface area contributed by atoms with Crippen molar-refractivity contribution in [3.63, 3.8) is 0 Å². The standard InChI is InChI=1S/C15H17ClFN3/c1-4-5-18-15-14(19-9(2)10(3)20-15)11-6-12(16)8-13(17)7-11/h6-8H,4-5H2,1-3H3,(H,18,20). The van der Waals surface area contributed by atoms with Crippen molar-refractivity contribution in [2.45, 2.75) is 27.2 Å². The molecule has 3 nitrogen and oxygen atoms in total. The molecular weight excluding hydrogens is 277 g/mol. The minimum Gasteiger partial charge on any atom is -0.368 e. The number of nitrogens with zero attached hydrogens (tertiary/aromatic N) is 2. The first-order chi connectivity index (χ1) is 9.51. The van der Waals surface area contributed by atoms with E-state index in [0.717, 1.165) is 24.4 Å². The normalized spacial score (nSPS) is 10.7. The summed E-state index contributed by atoms with van der Waals surface area (Å²) in [5, 5.41) is 3.58. The van der Waals surface area contributed by atoms with E-state index in [2.05, 4.69) is 22.2 Å². The van der Waals surface area contributed by atoms with Gasteiger partial charge in [0.15, 0.2) is 5.82 Å². The summed E-state index contributed by atoms with van der Waals surface area (Å²) in [6.45, 7) is 6.64. The van der Waals surface area contributed by atoms with E-state index in [1.165, 1.54) is 12.1 Å². The van der Waals surface area contributed by atoms with E-state index in [0.29, 0.717) is 22.1 Å². The molecule has 2 aromatic rings. The van der Waals surface area contributed by atoms with Gasteiger partial charge in [-0.15, -0.1) is 0 Å². The molecule has 0 atom stereocenters. The Morgan fingerprint density at radius 3 is 2.50 bits per heavy atom. The Hall–Kier alpha value is -1.68. The third-order valence-electron chi connectivity index (χ3n) is 2.99. The predicted molar refractivity (Wildman–Crippen MR) is 80.7 cm³/mol. The number of benzene rings is 1. The molecule has 0 unspecified atom stereocenters. The van der Waals surface area contributed by atoms with E-state index in [9.17, 15) is 4.39 Å². The summed E-state index contributed by atoms with van der Waals surface area (Å²) in [5.74, 6) is 0.283. The molecule has 0 saturated carbocycles. The Kier molecular flexibility index (Phi) is 4.55. The molecule has 0 fully saturated rings. The fraction of sp³-hybridized carbons (Fsp3) is 0.333. The lowest BCUT2D eigenvalue weighted by Gasteiger charge is -2.13. The molecule has 1 heterocycles. The number of halogens is 2. The monoisotopic (exact) mass is 293 g/mol. The van der Waals surface area contributed by atoms with Gasteiger partial charge in [0.05, 0.1) is 11.4 Å². The average molecular weight is 294 g/mol. The number of hydrogen-bond acceptors (Lipinski definition) is 3. The number of anilines is 1. The van der Waals surface area contributed by atoms with Crippen LogP contribution in [0, 0.1) is 19.7 Å². The highest BCUT2D eigenvalue weighted by Gasteiger charge is 2.12. The van der Waals surface area contributed by atoms with Crippen LogP contribution in [0.15, 0.2) is 18.2 Å². The molecule has 1 aromatic carbocycles. The molecule has 0 amide bonds. The lowest BCUT2D eigenvalue weighted by atomic mass is 10.1. The van der Waals surface area contributed by atoms with Crippen LogP contribution in [-0.4, -0.2) is 16.5 Å². The summed E-state index contributed by atoms with van der Waals surface area (Å²) < 4.78 is 13.5. The van der Waals surface area contributed by atoms with Crippen molar-refractivity contribution in [1.82, 2.24) is 9.97 Å². The van der Waals surface area contributed by atoms with Crippen LogP contribution in [0.4, 0.5) is 10.2 Å². The highest BCUT2D eigenvalue weighted by atomic mass is 35.5. The smallest absolute Gasteiger partial charge is 0.152 e.